The van der Waals surface area contributed by atoms with E-state index in [0.29, 0.717) is 5.56 Å². The van der Waals surface area contributed by atoms with Crippen molar-refractivity contribution < 1.29 is 24.2 Å². The molecule has 7 nitrogen and oxygen atoms in total. The van der Waals surface area contributed by atoms with Crippen molar-refractivity contribution in [1.82, 2.24) is 5.32 Å². The maximum Gasteiger partial charge on any atom is 0.328 e. The lowest BCUT2D eigenvalue weighted by atomic mass is 9.95. The predicted molar refractivity (Wildman–Crippen MR) is 132 cm³/mol. The Kier molecular flexibility index (Phi) is 9.94. The molecule has 2 N–H and O–H groups in total. The molecule has 0 spiro atoms. The molecule has 0 bridgehead atoms. The molecule has 0 unspecified atom stereocenters. The highest BCUT2D eigenvalue weighted by atomic mass is 32.2. The average molecular weight is 473 g/mol. The zero-order valence-electron chi connectivity index (χ0n) is 19.5. The quantitative estimate of drug-likeness (QED) is 0.485. The molecule has 33 heavy (non-hydrogen) atoms. The van der Waals surface area contributed by atoms with Gasteiger partial charge in [-0.25, -0.2) is 4.79 Å². The van der Waals surface area contributed by atoms with Gasteiger partial charge >= 0.3 is 5.97 Å². The lowest BCUT2D eigenvalue weighted by molar-refractivity contribution is -0.145. The molecule has 178 valence electrons. The van der Waals surface area contributed by atoms with Crippen molar-refractivity contribution in [2.24, 2.45) is 5.41 Å². The molecule has 1 amide bonds. The number of carbonyl (C=O) groups excluding carboxylic acids is 2. The van der Waals surface area contributed by atoms with Gasteiger partial charge in [-0.15, -0.1) is 0 Å². The fourth-order valence-corrected chi connectivity index (χ4v) is 3.75. The van der Waals surface area contributed by atoms with Crippen LogP contribution < -0.4 is 10.2 Å². The number of carbonyl (C=O) groups is 3. The molecular formula is C25H32N2O5S. The molecule has 0 saturated heterocycles. The van der Waals surface area contributed by atoms with Crippen LogP contribution >= 0.6 is 11.8 Å². The van der Waals surface area contributed by atoms with Crippen LogP contribution in [0.4, 0.5) is 5.69 Å². The first kappa shape index (κ1) is 26.4. The number of hydrogen-bond acceptors (Lipinski definition) is 6. The summed E-state index contributed by atoms with van der Waals surface area (Å²) in [5.41, 5.74) is 1.62. The number of carboxylic acids is 1. The van der Waals surface area contributed by atoms with Crippen LogP contribution in [-0.4, -0.2) is 54.1 Å². The predicted octanol–water partition coefficient (Wildman–Crippen LogP) is 3.83. The van der Waals surface area contributed by atoms with Gasteiger partial charge in [0.15, 0.2) is 6.04 Å². The molecule has 2 rings (SSSR count). The minimum absolute atomic E-state index is 0.134. The summed E-state index contributed by atoms with van der Waals surface area (Å²) in [5.74, 6) is -1.40. The van der Waals surface area contributed by atoms with Crippen LogP contribution in [0.5, 0.6) is 0 Å². The normalized spacial score (nSPS) is 12.1. The monoisotopic (exact) mass is 472 g/mol. The molecule has 0 aromatic heterocycles. The summed E-state index contributed by atoms with van der Waals surface area (Å²) in [6.07, 6.45) is 0. The fraction of sp³-hybridized carbons (Fsp3) is 0.400. The Morgan fingerprint density at radius 1 is 1.09 bits per heavy atom. The zero-order valence-corrected chi connectivity index (χ0v) is 20.4. The summed E-state index contributed by atoms with van der Waals surface area (Å²) in [4.78, 5) is 38.8. The number of nitrogens with one attached hydrogen (secondary N) is 1. The minimum Gasteiger partial charge on any atom is -0.480 e. The summed E-state index contributed by atoms with van der Waals surface area (Å²) >= 11 is 1.04. The van der Waals surface area contributed by atoms with Crippen LogP contribution in [0.1, 0.15) is 36.7 Å². The van der Waals surface area contributed by atoms with Crippen LogP contribution in [-0.2, 0) is 20.9 Å². The third-order valence-electron chi connectivity index (χ3n) is 5.20. The highest BCUT2D eigenvalue weighted by Crippen LogP contribution is 2.25. The number of rotatable bonds is 12. The van der Waals surface area contributed by atoms with E-state index in [1.54, 1.807) is 38.1 Å². The zero-order chi connectivity index (χ0) is 24.4. The van der Waals surface area contributed by atoms with E-state index in [9.17, 15) is 19.5 Å². The fourth-order valence-electron chi connectivity index (χ4n) is 2.82. The molecule has 8 heteroatoms. The van der Waals surface area contributed by atoms with Gasteiger partial charge in [-0.3, -0.25) is 9.59 Å². The Bertz CT molecular complexity index is 932. The van der Waals surface area contributed by atoms with Crippen molar-refractivity contribution in [2.45, 2.75) is 33.4 Å². The van der Waals surface area contributed by atoms with Gasteiger partial charge in [0.1, 0.15) is 0 Å². The topological polar surface area (TPSA) is 95.9 Å². The SMILES string of the molecule is CCN(C)c1ccc(COC[C@H](NC(=O)C(C)(C)CSC(=O)c2ccccc2)C(=O)O)cc1. The number of hydrogen-bond donors (Lipinski definition) is 2. The highest BCUT2D eigenvalue weighted by Gasteiger charge is 2.32. The van der Waals surface area contributed by atoms with E-state index in [0.717, 1.165) is 29.6 Å². The van der Waals surface area contributed by atoms with Crippen molar-refractivity contribution in [2.75, 3.05) is 30.9 Å². The van der Waals surface area contributed by atoms with Gasteiger partial charge in [-0.1, -0.05) is 68.1 Å². The number of ether oxygens (including phenoxy) is 1. The molecule has 0 fully saturated rings. The molecule has 0 radical (unpaired) electrons. The number of anilines is 1. The smallest absolute Gasteiger partial charge is 0.328 e. The number of amides is 1. The average Bonchev–Trinajstić information content (AvgIpc) is 2.82. The molecule has 2 aromatic rings. The second-order valence-electron chi connectivity index (χ2n) is 8.39. The Labute approximate surface area is 199 Å². The van der Waals surface area contributed by atoms with Crippen LogP contribution in [0.3, 0.4) is 0 Å². The lowest BCUT2D eigenvalue weighted by Gasteiger charge is -2.25. The second-order valence-corrected chi connectivity index (χ2v) is 9.33. The van der Waals surface area contributed by atoms with Gasteiger partial charge in [0.25, 0.3) is 0 Å². The lowest BCUT2D eigenvalue weighted by Crippen LogP contribution is -2.49. The number of thioether (sulfide) groups is 1. The van der Waals surface area contributed by atoms with Crippen LogP contribution in [0.15, 0.2) is 54.6 Å². The van der Waals surface area contributed by atoms with Gasteiger partial charge < -0.3 is 20.1 Å². The van der Waals surface area contributed by atoms with E-state index < -0.39 is 23.3 Å². The highest BCUT2D eigenvalue weighted by molar-refractivity contribution is 8.14. The first-order valence-corrected chi connectivity index (χ1v) is 11.8. The van der Waals surface area contributed by atoms with Crippen LogP contribution in [0, 0.1) is 5.41 Å². The van der Waals surface area contributed by atoms with Crippen LogP contribution in [0.25, 0.3) is 0 Å². The first-order valence-electron chi connectivity index (χ1n) is 10.8. The largest absolute Gasteiger partial charge is 0.480 e. The van der Waals surface area contributed by atoms with Crippen molar-refractivity contribution in [3.05, 3.63) is 65.7 Å². The molecule has 0 aliphatic heterocycles. The number of benzene rings is 2. The minimum atomic E-state index is -1.18. The standard InChI is InChI=1S/C25H32N2O5S/c1-5-27(4)20-13-11-18(12-14-20)15-32-16-21(22(28)29)26-24(31)25(2,3)17-33-23(30)19-9-7-6-8-10-19/h6-14,21H,5,15-17H2,1-4H3,(H,26,31)(H,28,29)/t21-/m0/s1. The van der Waals surface area contributed by atoms with E-state index in [-0.39, 0.29) is 24.1 Å². The van der Waals surface area contributed by atoms with Crippen molar-refractivity contribution in [1.29, 1.82) is 0 Å². The van der Waals surface area contributed by atoms with Gasteiger partial charge in [-0.2, -0.15) is 0 Å². The van der Waals surface area contributed by atoms with E-state index in [4.69, 9.17) is 4.74 Å². The van der Waals surface area contributed by atoms with Gasteiger partial charge in [0.05, 0.1) is 18.6 Å². The summed E-state index contributed by atoms with van der Waals surface area (Å²) in [7, 11) is 2.00. The molecule has 0 aliphatic carbocycles. The molecule has 0 saturated carbocycles. The van der Waals surface area contributed by atoms with Gasteiger partial charge in [0.2, 0.25) is 11.0 Å². The van der Waals surface area contributed by atoms with E-state index in [1.807, 2.05) is 37.4 Å². The van der Waals surface area contributed by atoms with Crippen molar-refractivity contribution >= 4 is 34.4 Å². The van der Waals surface area contributed by atoms with E-state index in [2.05, 4.69) is 17.1 Å². The van der Waals surface area contributed by atoms with Gasteiger partial charge in [-0.05, 0) is 24.6 Å². The Hall–Kier alpha value is -2.84. The summed E-state index contributed by atoms with van der Waals surface area (Å²) in [6.45, 7) is 6.40. The van der Waals surface area contributed by atoms with E-state index in [1.165, 1.54) is 0 Å². The molecule has 0 aliphatic rings. The number of carboxylic acid groups (broad SMARTS) is 1. The van der Waals surface area contributed by atoms with Crippen LogP contribution in [0.2, 0.25) is 0 Å². The van der Waals surface area contributed by atoms with E-state index >= 15 is 0 Å². The van der Waals surface area contributed by atoms with Crippen molar-refractivity contribution in [3.63, 3.8) is 0 Å². The van der Waals surface area contributed by atoms with Gasteiger partial charge in [0, 0.05) is 30.6 Å². The maximum atomic E-state index is 12.7. The summed E-state index contributed by atoms with van der Waals surface area (Å²) < 4.78 is 5.57. The molecular weight excluding hydrogens is 440 g/mol. The maximum absolute atomic E-state index is 12.7. The molecule has 2 aromatic carbocycles. The third-order valence-corrected chi connectivity index (χ3v) is 6.56. The first-order chi connectivity index (χ1) is 15.6. The molecule has 1 atom stereocenters. The Morgan fingerprint density at radius 2 is 1.73 bits per heavy atom. The Morgan fingerprint density at radius 3 is 2.30 bits per heavy atom. The summed E-state index contributed by atoms with van der Waals surface area (Å²) in [6, 6.07) is 15.5. The Balaban J connectivity index is 1.86. The number of nitrogens with zero attached hydrogens (tertiary/aromatic N) is 1. The summed E-state index contributed by atoms with van der Waals surface area (Å²) in [5, 5.41) is 11.9. The second kappa shape index (κ2) is 12.4. The molecule has 0 heterocycles. The van der Waals surface area contributed by atoms with Crippen molar-refractivity contribution in [3.8, 4) is 0 Å². The third kappa shape index (κ3) is 8.22. The number of aliphatic carboxylic acids is 1.